The Kier molecular flexibility index (Phi) is 5.56. The maximum Gasteiger partial charge on any atom is 0.125 e. The van der Waals surface area contributed by atoms with Crippen molar-refractivity contribution in [3.05, 3.63) is 23.8 Å². The van der Waals surface area contributed by atoms with Crippen LogP contribution in [0.1, 0.15) is 39.2 Å². The minimum atomic E-state index is 0.717. The lowest BCUT2D eigenvalue weighted by molar-refractivity contribution is 0.275. The summed E-state index contributed by atoms with van der Waals surface area (Å²) in [7, 11) is 0. The molecule has 1 N–H and O–H groups in total. The second kappa shape index (κ2) is 6.70. The van der Waals surface area contributed by atoms with Crippen molar-refractivity contribution in [2.75, 3.05) is 6.54 Å². The largest absolute Gasteiger partial charge is 0.311 e. The van der Waals surface area contributed by atoms with Crippen molar-refractivity contribution >= 4 is 0 Å². The van der Waals surface area contributed by atoms with Gasteiger partial charge in [0.05, 0.1) is 5.69 Å². The summed E-state index contributed by atoms with van der Waals surface area (Å²) in [4.78, 5) is 8.49. The number of aromatic nitrogens is 2. The Balaban J connectivity index is 2.41. The summed E-state index contributed by atoms with van der Waals surface area (Å²) >= 11 is 0. The minimum absolute atomic E-state index is 0.717. The highest BCUT2D eigenvalue weighted by molar-refractivity contribution is 5.01. The van der Waals surface area contributed by atoms with Crippen molar-refractivity contribution in [2.45, 2.75) is 41.2 Å². The summed E-state index contributed by atoms with van der Waals surface area (Å²) in [6, 6.07) is 1.97. The predicted molar refractivity (Wildman–Crippen MR) is 71.6 cm³/mol. The van der Waals surface area contributed by atoms with Crippen molar-refractivity contribution in [3.8, 4) is 0 Å². The zero-order valence-electron chi connectivity index (χ0n) is 11.7. The fourth-order valence-corrected chi connectivity index (χ4v) is 2.21. The van der Waals surface area contributed by atoms with Gasteiger partial charge in [0.15, 0.2) is 0 Å². The van der Waals surface area contributed by atoms with Crippen LogP contribution in [0.3, 0.4) is 0 Å². The van der Waals surface area contributed by atoms with Gasteiger partial charge in [0.25, 0.3) is 0 Å². The van der Waals surface area contributed by atoms with Crippen molar-refractivity contribution in [1.29, 1.82) is 0 Å². The molecule has 3 nitrogen and oxygen atoms in total. The summed E-state index contributed by atoms with van der Waals surface area (Å²) in [5.74, 6) is 3.00. The van der Waals surface area contributed by atoms with E-state index >= 15 is 0 Å². The molecule has 1 aromatic rings. The highest BCUT2D eigenvalue weighted by atomic mass is 14.9. The van der Waals surface area contributed by atoms with Gasteiger partial charge in [0, 0.05) is 12.7 Å². The highest BCUT2D eigenvalue weighted by Crippen LogP contribution is 2.19. The molecule has 1 heterocycles. The summed E-state index contributed by atoms with van der Waals surface area (Å²) in [5, 5.41) is 3.50. The van der Waals surface area contributed by atoms with Crippen molar-refractivity contribution < 1.29 is 0 Å². The van der Waals surface area contributed by atoms with Crippen molar-refractivity contribution in [3.63, 3.8) is 0 Å². The van der Waals surface area contributed by atoms with Gasteiger partial charge in [-0.05, 0) is 37.3 Å². The SMILES string of the molecule is Cc1nccc(CNCC(C(C)C)C(C)C)n1. The molecule has 96 valence electrons. The molecule has 0 saturated heterocycles. The average molecular weight is 235 g/mol. The van der Waals surface area contributed by atoms with Crippen LogP contribution in [0.4, 0.5) is 0 Å². The molecule has 0 amide bonds. The fraction of sp³-hybridized carbons (Fsp3) is 0.714. The molecule has 0 bridgehead atoms. The van der Waals surface area contributed by atoms with E-state index in [0.717, 1.165) is 42.4 Å². The Morgan fingerprint density at radius 2 is 1.82 bits per heavy atom. The standard InChI is InChI=1S/C14H25N3/c1-10(2)14(11(3)4)9-15-8-13-6-7-16-12(5)17-13/h6-7,10-11,14-15H,8-9H2,1-5H3. The van der Waals surface area contributed by atoms with E-state index in [1.807, 2.05) is 19.2 Å². The molecule has 0 saturated carbocycles. The van der Waals surface area contributed by atoms with E-state index < -0.39 is 0 Å². The summed E-state index contributed by atoms with van der Waals surface area (Å²) < 4.78 is 0. The van der Waals surface area contributed by atoms with Crippen LogP contribution in [0.15, 0.2) is 12.3 Å². The molecule has 0 aromatic carbocycles. The van der Waals surface area contributed by atoms with Crippen LogP contribution in [0.2, 0.25) is 0 Å². The van der Waals surface area contributed by atoms with Gasteiger partial charge < -0.3 is 5.32 Å². The Labute approximate surface area is 105 Å². The highest BCUT2D eigenvalue weighted by Gasteiger charge is 2.16. The van der Waals surface area contributed by atoms with Gasteiger partial charge in [0.1, 0.15) is 5.82 Å². The molecule has 0 spiro atoms. The normalized spacial score (nSPS) is 11.8. The first-order valence-electron chi connectivity index (χ1n) is 6.50. The van der Waals surface area contributed by atoms with Gasteiger partial charge in [-0.2, -0.15) is 0 Å². The van der Waals surface area contributed by atoms with Crippen molar-refractivity contribution in [1.82, 2.24) is 15.3 Å². The summed E-state index contributed by atoms with van der Waals surface area (Å²) in [5.41, 5.74) is 1.07. The summed E-state index contributed by atoms with van der Waals surface area (Å²) in [6.07, 6.45) is 1.82. The topological polar surface area (TPSA) is 37.8 Å². The molecule has 0 fully saturated rings. The van der Waals surface area contributed by atoms with Crippen LogP contribution in [0, 0.1) is 24.7 Å². The maximum atomic E-state index is 4.39. The van der Waals surface area contributed by atoms with Gasteiger partial charge in [-0.25, -0.2) is 9.97 Å². The molecule has 0 radical (unpaired) electrons. The third-order valence-corrected chi connectivity index (χ3v) is 3.23. The first kappa shape index (κ1) is 14.1. The molecule has 0 aliphatic rings. The number of hydrogen-bond acceptors (Lipinski definition) is 3. The van der Waals surface area contributed by atoms with E-state index in [9.17, 15) is 0 Å². The minimum Gasteiger partial charge on any atom is -0.311 e. The zero-order valence-corrected chi connectivity index (χ0v) is 11.7. The molecule has 17 heavy (non-hydrogen) atoms. The molecular weight excluding hydrogens is 210 g/mol. The Morgan fingerprint density at radius 3 is 2.35 bits per heavy atom. The number of nitrogens with zero attached hydrogens (tertiary/aromatic N) is 2. The summed E-state index contributed by atoms with van der Waals surface area (Å²) in [6.45, 7) is 13.0. The monoisotopic (exact) mass is 235 g/mol. The number of hydrogen-bond donors (Lipinski definition) is 1. The second-order valence-electron chi connectivity index (χ2n) is 5.38. The lowest BCUT2D eigenvalue weighted by Crippen LogP contribution is -2.29. The van der Waals surface area contributed by atoms with Crippen LogP contribution in [0.5, 0.6) is 0 Å². The molecule has 0 aliphatic carbocycles. The third kappa shape index (κ3) is 4.82. The van der Waals surface area contributed by atoms with Gasteiger partial charge in [0.2, 0.25) is 0 Å². The lowest BCUT2D eigenvalue weighted by Gasteiger charge is -2.25. The number of rotatable bonds is 6. The maximum absolute atomic E-state index is 4.39. The average Bonchev–Trinajstić information content (AvgIpc) is 2.23. The zero-order chi connectivity index (χ0) is 12.8. The van der Waals surface area contributed by atoms with Crippen molar-refractivity contribution in [2.24, 2.45) is 17.8 Å². The number of aryl methyl sites for hydroxylation is 1. The quantitative estimate of drug-likeness (QED) is 0.824. The van der Waals surface area contributed by atoms with E-state index in [4.69, 9.17) is 0 Å². The van der Waals surface area contributed by atoms with Crippen LogP contribution in [-0.2, 0) is 6.54 Å². The Hall–Kier alpha value is -0.960. The second-order valence-corrected chi connectivity index (χ2v) is 5.38. The first-order chi connectivity index (χ1) is 8.00. The van der Waals surface area contributed by atoms with Crippen LogP contribution < -0.4 is 5.32 Å². The fourth-order valence-electron chi connectivity index (χ4n) is 2.21. The third-order valence-electron chi connectivity index (χ3n) is 3.23. The van der Waals surface area contributed by atoms with Crippen LogP contribution >= 0.6 is 0 Å². The van der Waals surface area contributed by atoms with E-state index in [-0.39, 0.29) is 0 Å². The van der Waals surface area contributed by atoms with Gasteiger partial charge >= 0.3 is 0 Å². The van der Waals surface area contributed by atoms with Gasteiger partial charge in [-0.15, -0.1) is 0 Å². The van der Waals surface area contributed by atoms with E-state index in [2.05, 4.69) is 43.0 Å². The molecule has 0 aliphatic heterocycles. The van der Waals surface area contributed by atoms with E-state index in [1.165, 1.54) is 0 Å². The molecule has 3 heteroatoms. The molecule has 0 unspecified atom stereocenters. The number of nitrogens with one attached hydrogen (secondary N) is 1. The Bertz CT molecular complexity index is 326. The van der Waals surface area contributed by atoms with E-state index in [1.54, 1.807) is 0 Å². The smallest absolute Gasteiger partial charge is 0.125 e. The van der Waals surface area contributed by atoms with Gasteiger partial charge in [-0.3, -0.25) is 0 Å². The predicted octanol–water partition coefficient (Wildman–Crippen LogP) is 2.80. The first-order valence-corrected chi connectivity index (χ1v) is 6.50. The molecule has 1 aromatic heterocycles. The molecule has 0 atom stereocenters. The van der Waals surface area contributed by atoms with Crippen LogP contribution in [0.25, 0.3) is 0 Å². The Morgan fingerprint density at radius 1 is 1.18 bits per heavy atom. The van der Waals surface area contributed by atoms with E-state index in [0.29, 0.717) is 0 Å². The molecule has 1 rings (SSSR count). The lowest BCUT2D eigenvalue weighted by atomic mass is 9.85. The van der Waals surface area contributed by atoms with Crippen LogP contribution in [-0.4, -0.2) is 16.5 Å². The molecular formula is C14H25N3. The van der Waals surface area contributed by atoms with Gasteiger partial charge in [-0.1, -0.05) is 27.7 Å².